The standard InChI is InChI=1S/C23H20F3NO6S/c1-27(17-7-11-19(32-3)12-8-17)22(28)16-6-13-20(15-4-9-18(31-2)10-5-15)21(14-16)33-34(29,30)23(24,25)26/h4-14H,1-3H3. The van der Waals surface area contributed by atoms with Crippen LogP contribution >= 0.6 is 0 Å². The molecule has 0 bridgehead atoms. The molecule has 0 heterocycles. The van der Waals surface area contributed by atoms with Gasteiger partial charge in [0.25, 0.3) is 5.91 Å². The predicted molar refractivity (Wildman–Crippen MR) is 120 cm³/mol. The lowest BCUT2D eigenvalue weighted by atomic mass is 10.0. The lowest BCUT2D eigenvalue weighted by molar-refractivity contribution is -0.0499. The van der Waals surface area contributed by atoms with Crippen LogP contribution in [0.25, 0.3) is 11.1 Å². The molecule has 0 spiro atoms. The van der Waals surface area contributed by atoms with Crippen molar-refractivity contribution < 1.29 is 40.0 Å². The van der Waals surface area contributed by atoms with E-state index < -0.39 is 27.3 Å². The Balaban J connectivity index is 2.04. The maximum absolute atomic E-state index is 13.0. The first-order valence-corrected chi connectivity index (χ1v) is 11.1. The van der Waals surface area contributed by atoms with Crippen LogP contribution in [-0.2, 0) is 10.1 Å². The minimum absolute atomic E-state index is 0.0409. The monoisotopic (exact) mass is 495 g/mol. The van der Waals surface area contributed by atoms with Gasteiger partial charge in [-0.05, 0) is 60.2 Å². The number of benzene rings is 3. The van der Waals surface area contributed by atoms with Crippen LogP contribution in [0, 0.1) is 0 Å². The fourth-order valence-corrected chi connectivity index (χ4v) is 3.48. The van der Waals surface area contributed by atoms with Gasteiger partial charge in [0.15, 0.2) is 5.75 Å². The summed E-state index contributed by atoms with van der Waals surface area (Å²) in [5, 5.41) is 0. The minimum atomic E-state index is -5.98. The lowest BCUT2D eigenvalue weighted by Gasteiger charge is -2.19. The molecule has 0 saturated carbocycles. The van der Waals surface area contributed by atoms with Gasteiger partial charge in [0.1, 0.15) is 11.5 Å². The number of amides is 1. The highest BCUT2D eigenvalue weighted by Crippen LogP contribution is 2.36. The average Bonchev–Trinajstić information content (AvgIpc) is 2.82. The normalized spacial score (nSPS) is 11.6. The van der Waals surface area contributed by atoms with E-state index in [1.807, 2.05) is 0 Å². The Hall–Kier alpha value is -3.73. The molecule has 3 aromatic rings. The molecular weight excluding hydrogens is 475 g/mol. The molecule has 0 fully saturated rings. The molecule has 0 unspecified atom stereocenters. The first-order valence-electron chi connectivity index (χ1n) is 9.68. The molecule has 1 amide bonds. The Morgan fingerprint density at radius 3 is 1.88 bits per heavy atom. The summed E-state index contributed by atoms with van der Waals surface area (Å²) in [7, 11) is -1.58. The van der Waals surface area contributed by atoms with Gasteiger partial charge < -0.3 is 18.6 Å². The summed E-state index contributed by atoms with van der Waals surface area (Å²) in [6, 6.07) is 16.3. The zero-order valence-corrected chi connectivity index (χ0v) is 19.1. The minimum Gasteiger partial charge on any atom is -0.497 e. The highest BCUT2D eigenvalue weighted by molar-refractivity contribution is 7.88. The smallest absolute Gasteiger partial charge is 0.497 e. The maximum atomic E-state index is 13.0. The van der Waals surface area contributed by atoms with E-state index in [1.54, 1.807) is 36.4 Å². The summed E-state index contributed by atoms with van der Waals surface area (Å²) < 4.78 is 77.1. The first kappa shape index (κ1) is 24.9. The third kappa shape index (κ3) is 5.25. The molecule has 0 aliphatic heterocycles. The van der Waals surface area contributed by atoms with E-state index in [0.717, 1.165) is 6.07 Å². The zero-order chi connectivity index (χ0) is 25.1. The third-order valence-corrected chi connectivity index (χ3v) is 5.84. The van der Waals surface area contributed by atoms with Gasteiger partial charge in [-0.15, -0.1) is 0 Å². The molecule has 3 aromatic carbocycles. The number of hydrogen-bond donors (Lipinski definition) is 0. The van der Waals surface area contributed by atoms with Crippen LogP contribution < -0.4 is 18.6 Å². The van der Waals surface area contributed by atoms with Gasteiger partial charge in [0.2, 0.25) is 0 Å². The summed E-state index contributed by atoms with van der Waals surface area (Å²) in [6.07, 6.45) is 0. The van der Waals surface area contributed by atoms with Crippen molar-refractivity contribution in [2.75, 3.05) is 26.2 Å². The van der Waals surface area contributed by atoms with Gasteiger partial charge in [0, 0.05) is 23.9 Å². The van der Waals surface area contributed by atoms with E-state index in [4.69, 9.17) is 9.47 Å². The number of anilines is 1. The van der Waals surface area contributed by atoms with Crippen molar-refractivity contribution in [1.82, 2.24) is 0 Å². The fourth-order valence-electron chi connectivity index (χ4n) is 3.02. The van der Waals surface area contributed by atoms with Gasteiger partial charge in [-0.3, -0.25) is 4.79 Å². The van der Waals surface area contributed by atoms with Crippen molar-refractivity contribution in [1.29, 1.82) is 0 Å². The van der Waals surface area contributed by atoms with Gasteiger partial charge in [-0.1, -0.05) is 12.1 Å². The second-order valence-electron chi connectivity index (χ2n) is 6.98. The van der Waals surface area contributed by atoms with Gasteiger partial charge in [-0.25, -0.2) is 0 Å². The van der Waals surface area contributed by atoms with E-state index in [2.05, 4.69) is 4.18 Å². The van der Waals surface area contributed by atoms with E-state index in [-0.39, 0.29) is 11.1 Å². The second-order valence-corrected chi connectivity index (χ2v) is 8.52. The number of rotatable bonds is 7. The molecular formula is C23H20F3NO6S. The van der Waals surface area contributed by atoms with E-state index in [1.165, 1.54) is 50.4 Å². The molecule has 3 rings (SSSR count). The summed E-state index contributed by atoms with van der Waals surface area (Å²) in [4.78, 5) is 14.3. The molecule has 0 aliphatic rings. The number of carbonyl (C=O) groups excluding carboxylic acids is 1. The average molecular weight is 495 g/mol. The molecule has 0 N–H and O–H groups in total. The van der Waals surface area contributed by atoms with Gasteiger partial charge in [0.05, 0.1) is 14.2 Å². The quantitative estimate of drug-likeness (QED) is 0.343. The van der Waals surface area contributed by atoms with Crippen molar-refractivity contribution in [2.24, 2.45) is 0 Å². The lowest BCUT2D eigenvalue weighted by Crippen LogP contribution is -2.29. The first-order chi connectivity index (χ1) is 16.0. The number of carbonyl (C=O) groups is 1. The SMILES string of the molecule is COc1ccc(-c2ccc(C(=O)N(C)c3ccc(OC)cc3)cc2OS(=O)(=O)C(F)(F)F)cc1. The number of alkyl halides is 3. The Labute approximate surface area is 194 Å². The summed E-state index contributed by atoms with van der Waals surface area (Å²) in [5.74, 6) is -0.180. The van der Waals surface area contributed by atoms with Crippen LogP contribution in [0.15, 0.2) is 66.7 Å². The summed E-state index contributed by atoms with van der Waals surface area (Å²) in [6.45, 7) is 0. The highest BCUT2D eigenvalue weighted by atomic mass is 32.2. The Morgan fingerprint density at radius 1 is 0.853 bits per heavy atom. The van der Waals surface area contributed by atoms with Crippen LogP contribution in [0.3, 0.4) is 0 Å². The van der Waals surface area contributed by atoms with Crippen LogP contribution in [0.1, 0.15) is 10.4 Å². The fraction of sp³-hybridized carbons (Fsp3) is 0.174. The largest absolute Gasteiger partial charge is 0.534 e. The van der Waals surface area contributed by atoms with Crippen LogP contribution in [0.4, 0.5) is 18.9 Å². The summed E-state index contributed by atoms with van der Waals surface area (Å²) in [5.41, 5.74) is -4.85. The van der Waals surface area contributed by atoms with Crippen LogP contribution in [0.2, 0.25) is 0 Å². The van der Waals surface area contributed by atoms with E-state index >= 15 is 0 Å². The topological polar surface area (TPSA) is 82.1 Å². The summed E-state index contributed by atoms with van der Waals surface area (Å²) >= 11 is 0. The zero-order valence-electron chi connectivity index (χ0n) is 18.3. The van der Waals surface area contributed by atoms with E-state index in [9.17, 15) is 26.4 Å². The molecule has 180 valence electrons. The number of hydrogen-bond acceptors (Lipinski definition) is 6. The van der Waals surface area contributed by atoms with Crippen LogP contribution in [-0.4, -0.2) is 41.1 Å². The second kappa shape index (κ2) is 9.64. The predicted octanol–water partition coefficient (Wildman–Crippen LogP) is 4.88. The Bertz CT molecular complexity index is 1270. The molecule has 0 atom stereocenters. The van der Waals surface area contributed by atoms with Crippen molar-refractivity contribution >= 4 is 21.7 Å². The molecule has 34 heavy (non-hydrogen) atoms. The molecule has 0 radical (unpaired) electrons. The number of ether oxygens (including phenoxy) is 2. The molecule has 0 aliphatic carbocycles. The molecule has 0 aromatic heterocycles. The number of nitrogens with zero attached hydrogens (tertiary/aromatic N) is 1. The van der Waals surface area contributed by atoms with Crippen molar-refractivity contribution in [2.45, 2.75) is 5.51 Å². The number of methoxy groups -OCH3 is 2. The Morgan fingerprint density at radius 2 is 1.38 bits per heavy atom. The molecule has 11 heteroatoms. The Kier molecular flexibility index (Phi) is 7.06. The van der Waals surface area contributed by atoms with Gasteiger partial charge >= 0.3 is 15.6 Å². The molecule has 7 nitrogen and oxygen atoms in total. The van der Waals surface area contributed by atoms with E-state index in [0.29, 0.717) is 22.7 Å². The number of halogens is 3. The van der Waals surface area contributed by atoms with Crippen LogP contribution in [0.5, 0.6) is 17.2 Å². The molecule has 0 saturated heterocycles. The third-order valence-electron chi connectivity index (χ3n) is 4.88. The highest BCUT2D eigenvalue weighted by Gasteiger charge is 2.49. The van der Waals surface area contributed by atoms with Crippen molar-refractivity contribution in [3.8, 4) is 28.4 Å². The van der Waals surface area contributed by atoms with Gasteiger partial charge in [-0.2, -0.15) is 21.6 Å². The van der Waals surface area contributed by atoms with Crippen molar-refractivity contribution in [3.05, 3.63) is 72.3 Å². The maximum Gasteiger partial charge on any atom is 0.534 e. The van der Waals surface area contributed by atoms with Crippen molar-refractivity contribution in [3.63, 3.8) is 0 Å².